The van der Waals surface area contributed by atoms with Crippen molar-refractivity contribution in [3.8, 4) is 17.2 Å². The SMILES string of the molecule is COc1ccc(S(=O)(=O)n2c(C)c(OCCN(C)C)c3cc(Cl)cc(Cl)c32)c(OC)c1. The Hall–Kier alpha value is -2.13. The first-order chi connectivity index (χ1) is 14.6. The summed E-state index contributed by atoms with van der Waals surface area (Å²) in [5, 5.41) is 1.10. The summed E-state index contributed by atoms with van der Waals surface area (Å²) in [6.07, 6.45) is 0. The van der Waals surface area contributed by atoms with E-state index in [0.29, 0.717) is 46.3 Å². The topological polar surface area (TPSA) is 70.0 Å². The van der Waals surface area contributed by atoms with Crippen molar-refractivity contribution in [2.24, 2.45) is 0 Å². The molecule has 31 heavy (non-hydrogen) atoms. The molecule has 0 spiro atoms. The Kier molecular flexibility index (Phi) is 6.95. The zero-order valence-corrected chi connectivity index (χ0v) is 20.2. The Labute approximate surface area is 192 Å². The van der Waals surface area contributed by atoms with E-state index in [0.717, 1.165) is 0 Å². The number of rotatable bonds is 8. The molecule has 0 aliphatic carbocycles. The molecule has 7 nitrogen and oxygen atoms in total. The van der Waals surface area contributed by atoms with Gasteiger partial charge >= 0.3 is 0 Å². The highest BCUT2D eigenvalue weighted by molar-refractivity contribution is 7.90. The van der Waals surface area contributed by atoms with Gasteiger partial charge in [-0.2, -0.15) is 0 Å². The minimum absolute atomic E-state index is 0.0262. The van der Waals surface area contributed by atoms with Crippen molar-refractivity contribution in [3.05, 3.63) is 46.1 Å². The van der Waals surface area contributed by atoms with Gasteiger partial charge in [0.1, 0.15) is 28.8 Å². The van der Waals surface area contributed by atoms with Gasteiger partial charge in [0.25, 0.3) is 10.0 Å². The van der Waals surface area contributed by atoms with E-state index in [2.05, 4.69) is 0 Å². The third-order valence-corrected chi connectivity index (χ3v) is 7.12. The lowest BCUT2D eigenvalue weighted by atomic mass is 10.2. The Morgan fingerprint density at radius 2 is 1.77 bits per heavy atom. The normalized spacial score (nSPS) is 11.9. The lowest BCUT2D eigenvalue weighted by Gasteiger charge is -2.15. The number of fused-ring (bicyclic) bond motifs is 1. The molecule has 2 aromatic carbocycles. The molecule has 0 radical (unpaired) electrons. The first-order valence-corrected chi connectivity index (χ1v) is 11.6. The van der Waals surface area contributed by atoms with Gasteiger partial charge in [-0.3, -0.25) is 0 Å². The first kappa shape index (κ1) is 23.5. The summed E-state index contributed by atoms with van der Waals surface area (Å²) >= 11 is 12.7. The standard InChI is InChI=1S/C21H24Cl2N2O5S/c1-13-21(30-9-8-24(2)3)16-10-14(22)11-17(23)20(16)25(13)31(26,27)19-7-6-15(28-4)12-18(19)29-5/h6-7,10-12H,8-9H2,1-5H3. The average Bonchev–Trinajstić information content (AvgIpc) is 2.99. The molecule has 0 bridgehead atoms. The summed E-state index contributed by atoms with van der Waals surface area (Å²) < 4.78 is 45.2. The lowest BCUT2D eigenvalue weighted by molar-refractivity contribution is 0.262. The number of halogens is 2. The Balaban J connectivity index is 2.28. The Morgan fingerprint density at radius 1 is 1.06 bits per heavy atom. The molecule has 0 saturated heterocycles. The van der Waals surface area contributed by atoms with E-state index in [1.807, 2.05) is 19.0 Å². The summed E-state index contributed by atoms with van der Waals surface area (Å²) in [6, 6.07) is 7.67. The molecule has 1 heterocycles. The fraction of sp³-hybridized carbons (Fsp3) is 0.333. The van der Waals surface area contributed by atoms with Crippen LogP contribution >= 0.6 is 23.2 Å². The predicted octanol–water partition coefficient (Wildman–Crippen LogP) is 4.45. The van der Waals surface area contributed by atoms with E-state index < -0.39 is 10.0 Å². The molecule has 3 aromatic rings. The van der Waals surface area contributed by atoms with Crippen molar-refractivity contribution in [1.82, 2.24) is 8.87 Å². The highest BCUT2D eigenvalue weighted by Crippen LogP contribution is 2.42. The monoisotopic (exact) mass is 486 g/mol. The second kappa shape index (κ2) is 9.16. The van der Waals surface area contributed by atoms with Crippen LogP contribution in [0, 0.1) is 6.92 Å². The number of hydrogen-bond acceptors (Lipinski definition) is 6. The third kappa shape index (κ3) is 4.43. The van der Waals surface area contributed by atoms with Gasteiger partial charge in [0.15, 0.2) is 0 Å². The van der Waals surface area contributed by atoms with Gasteiger partial charge in [-0.05, 0) is 45.3 Å². The highest BCUT2D eigenvalue weighted by Gasteiger charge is 2.30. The van der Waals surface area contributed by atoms with Crippen LogP contribution in [0.3, 0.4) is 0 Å². The fourth-order valence-corrected chi connectivity index (χ4v) is 5.64. The maximum Gasteiger partial charge on any atom is 0.272 e. The minimum atomic E-state index is -4.10. The van der Waals surface area contributed by atoms with Gasteiger partial charge in [0.2, 0.25) is 0 Å². The van der Waals surface area contributed by atoms with Crippen LogP contribution in [0.1, 0.15) is 5.69 Å². The number of benzene rings is 2. The van der Waals surface area contributed by atoms with Crippen LogP contribution in [-0.4, -0.2) is 58.8 Å². The molecule has 10 heteroatoms. The van der Waals surface area contributed by atoms with E-state index in [9.17, 15) is 8.42 Å². The fourth-order valence-electron chi connectivity index (χ4n) is 3.30. The zero-order chi connectivity index (χ0) is 22.9. The number of likely N-dealkylation sites (N-methyl/N-ethyl adjacent to an activating group) is 1. The van der Waals surface area contributed by atoms with Crippen molar-refractivity contribution in [2.45, 2.75) is 11.8 Å². The van der Waals surface area contributed by atoms with Crippen molar-refractivity contribution < 1.29 is 22.6 Å². The molecular formula is C21H24Cl2N2O5S. The predicted molar refractivity (Wildman–Crippen MR) is 123 cm³/mol. The number of hydrogen-bond donors (Lipinski definition) is 0. The Bertz CT molecular complexity index is 1220. The summed E-state index contributed by atoms with van der Waals surface area (Å²) in [6.45, 7) is 2.69. The van der Waals surface area contributed by atoms with Gasteiger partial charge in [0.05, 0.1) is 30.5 Å². The number of methoxy groups -OCH3 is 2. The first-order valence-electron chi connectivity index (χ1n) is 9.37. The second-order valence-corrected chi connectivity index (χ2v) is 9.74. The van der Waals surface area contributed by atoms with E-state index in [1.54, 1.807) is 19.1 Å². The van der Waals surface area contributed by atoms with Crippen LogP contribution < -0.4 is 14.2 Å². The molecule has 168 valence electrons. The van der Waals surface area contributed by atoms with Gasteiger partial charge in [0, 0.05) is 23.0 Å². The number of ether oxygens (including phenoxy) is 3. The molecule has 0 unspecified atom stereocenters. The second-order valence-electron chi connectivity index (χ2n) is 7.14. The quantitative estimate of drug-likeness (QED) is 0.468. The molecule has 0 saturated carbocycles. The highest BCUT2D eigenvalue weighted by atomic mass is 35.5. The zero-order valence-electron chi connectivity index (χ0n) is 17.9. The van der Waals surface area contributed by atoms with Gasteiger partial charge in [-0.1, -0.05) is 23.2 Å². The average molecular weight is 487 g/mol. The van der Waals surface area contributed by atoms with Crippen molar-refractivity contribution in [3.63, 3.8) is 0 Å². The molecule has 0 aliphatic heterocycles. The maximum atomic E-state index is 13.8. The van der Waals surface area contributed by atoms with Crippen LogP contribution in [0.5, 0.6) is 17.2 Å². The van der Waals surface area contributed by atoms with Crippen LogP contribution in [0.15, 0.2) is 35.2 Å². The molecule has 0 atom stereocenters. The summed E-state index contributed by atoms with van der Waals surface area (Å²) in [5.41, 5.74) is 0.678. The summed E-state index contributed by atoms with van der Waals surface area (Å²) in [4.78, 5) is 1.94. The van der Waals surface area contributed by atoms with Crippen LogP contribution in [0.25, 0.3) is 10.9 Å². The molecule has 0 aliphatic rings. The van der Waals surface area contributed by atoms with E-state index in [1.165, 1.54) is 36.4 Å². The van der Waals surface area contributed by atoms with Crippen LogP contribution in [-0.2, 0) is 10.0 Å². The molecule has 0 fully saturated rings. The third-order valence-electron chi connectivity index (χ3n) is 4.78. The Morgan fingerprint density at radius 3 is 2.39 bits per heavy atom. The maximum absolute atomic E-state index is 13.8. The van der Waals surface area contributed by atoms with Gasteiger partial charge in [-0.25, -0.2) is 12.4 Å². The molecule has 0 amide bonds. The van der Waals surface area contributed by atoms with E-state index in [4.69, 9.17) is 37.4 Å². The van der Waals surface area contributed by atoms with Crippen LogP contribution in [0.2, 0.25) is 10.0 Å². The molecule has 3 rings (SSSR count). The minimum Gasteiger partial charge on any atom is -0.497 e. The van der Waals surface area contributed by atoms with E-state index in [-0.39, 0.29) is 15.7 Å². The van der Waals surface area contributed by atoms with Crippen LogP contribution in [0.4, 0.5) is 0 Å². The molecule has 1 aromatic heterocycles. The number of aromatic nitrogens is 1. The van der Waals surface area contributed by atoms with E-state index >= 15 is 0 Å². The van der Waals surface area contributed by atoms with Gasteiger partial charge < -0.3 is 19.1 Å². The van der Waals surface area contributed by atoms with Gasteiger partial charge in [-0.15, -0.1) is 0 Å². The number of nitrogens with zero attached hydrogens (tertiary/aromatic N) is 2. The van der Waals surface area contributed by atoms with Crippen molar-refractivity contribution in [1.29, 1.82) is 0 Å². The lowest BCUT2D eigenvalue weighted by Crippen LogP contribution is -2.20. The molecular weight excluding hydrogens is 463 g/mol. The summed E-state index contributed by atoms with van der Waals surface area (Å²) in [5.74, 6) is 1.04. The van der Waals surface area contributed by atoms with Crippen molar-refractivity contribution in [2.75, 3.05) is 41.5 Å². The molecule has 0 N–H and O–H groups in total. The smallest absolute Gasteiger partial charge is 0.272 e. The summed E-state index contributed by atoms with van der Waals surface area (Å²) in [7, 11) is 2.64. The van der Waals surface area contributed by atoms with Crippen molar-refractivity contribution >= 4 is 44.1 Å². The largest absolute Gasteiger partial charge is 0.497 e.